The van der Waals surface area contributed by atoms with Crippen LogP contribution in [0.1, 0.15) is 42.0 Å². The van der Waals surface area contributed by atoms with Crippen molar-refractivity contribution in [3.63, 3.8) is 0 Å². The summed E-state index contributed by atoms with van der Waals surface area (Å²) in [6.45, 7) is 6.27. The van der Waals surface area contributed by atoms with Crippen molar-refractivity contribution < 1.29 is 4.79 Å². The number of hydrogen-bond acceptors (Lipinski definition) is 6. The molecule has 0 fully saturated rings. The Bertz CT molecular complexity index is 1610. The second-order valence-electron chi connectivity index (χ2n) is 8.81. The molecule has 1 aromatic carbocycles. The summed E-state index contributed by atoms with van der Waals surface area (Å²) in [5, 5.41) is 6.24. The van der Waals surface area contributed by atoms with E-state index in [4.69, 9.17) is 11.5 Å². The Labute approximate surface area is 195 Å². The van der Waals surface area contributed by atoms with Gasteiger partial charge in [-0.1, -0.05) is 37.3 Å². The average molecular weight is 456 g/mol. The molecule has 9 heteroatoms. The molecule has 34 heavy (non-hydrogen) atoms. The molecule has 1 aliphatic carbocycles. The molecule has 3 heterocycles. The van der Waals surface area contributed by atoms with Gasteiger partial charge in [-0.15, -0.1) is 0 Å². The second-order valence-corrected chi connectivity index (χ2v) is 8.81. The Hall–Kier alpha value is -4.27. The number of benzene rings is 1. The normalized spacial score (nSPS) is 16.0. The molecule has 5 rings (SSSR count). The highest BCUT2D eigenvalue weighted by Gasteiger charge is 2.23. The summed E-state index contributed by atoms with van der Waals surface area (Å²) in [7, 11) is 0. The number of fused-ring (bicyclic) bond motifs is 2. The number of primary amides is 1. The van der Waals surface area contributed by atoms with E-state index in [-0.39, 0.29) is 23.6 Å². The van der Waals surface area contributed by atoms with Gasteiger partial charge in [-0.2, -0.15) is 5.10 Å². The van der Waals surface area contributed by atoms with Crippen LogP contribution < -0.4 is 17.0 Å². The molecule has 1 unspecified atom stereocenters. The molecule has 0 bridgehead atoms. The summed E-state index contributed by atoms with van der Waals surface area (Å²) in [4.78, 5) is 34.2. The highest BCUT2D eigenvalue weighted by Crippen LogP contribution is 2.29. The number of aryl methyl sites for hydroxylation is 1. The van der Waals surface area contributed by atoms with Crippen molar-refractivity contribution in [1.82, 2.24) is 24.3 Å². The average Bonchev–Trinajstić information content (AvgIpc) is 3.16. The molecule has 1 aliphatic rings. The van der Waals surface area contributed by atoms with Crippen LogP contribution in [0.25, 0.3) is 27.5 Å². The molecule has 1 atom stereocenters. The Morgan fingerprint density at radius 3 is 2.76 bits per heavy atom. The number of aromatic nitrogens is 5. The van der Waals surface area contributed by atoms with Crippen molar-refractivity contribution in [1.29, 1.82) is 0 Å². The van der Waals surface area contributed by atoms with Crippen LogP contribution in [-0.2, 0) is 6.54 Å². The first-order chi connectivity index (χ1) is 16.3. The van der Waals surface area contributed by atoms with Gasteiger partial charge < -0.3 is 11.5 Å². The van der Waals surface area contributed by atoms with Crippen LogP contribution in [0.2, 0.25) is 0 Å². The van der Waals surface area contributed by atoms with Gasteiger partial charge in [-0.25, -0.2) is 14.6 Å². The van der Waals surface area contributed by atoms with E-state index in [1.165, 1.54) is 6.33 Å². The summed E-state index contributed by atoms with van der Waals surface area (Å²) in [6, 6.07) is 7.80. The van der Waals surface area contributed by atoms with Crippen LogP contribution in [-0.4, -0.2) is 30.2 Å². The third-order valence-electron chi connectivity index (χ3n) is 6.35. The lowest BCUT2D eigenvalue weighted by atomic mass is 9.95. The van der Waals surface area contributed by atoms with Crippen LogP contribution in [0, 0.1) is 12.8 Å². The summed E-state index contributed by atoms with van der Waals surface area (Å²) in [5.41, 5.74) is 15.5. The zero-order chi connectivity index (χ0) is 24.1. The number of carbonyl (C=O) groups excluding carboxylic acids is 1. The maximum atomic E-state index is 13.9. The molecule has 9 nitrogen and oxygen atoms in total. The number of allylic oxidation sites excluding steroid dienone is 4. The molecule has 172 valence electrons. The number of rotatable bonds is 4. The summed E-state index contributed by atoms with van der Waals surface area (Å²) in [5.74, 6) is -0.298. The molecule has 0 spiro atoms. The molecule has 0 saturated carbocycles. The van der Waals surface area contributed by atoms with E-state index in [0.717, 1.165) is 34.3 Å². The Kier molecular flexibility index (Phi) is 5.04. The zero-order valence-electron chi connectivity index (χ0n) is 19.2. The Balaban J connectivity index is 1.80. The SMILES string of the molecule is CC1=C(n2c(Cn3nc(C(N)=O)c4c(N)ncnc43)cc3cccc(C)c3c2=O)CC(C)C=C1. The topological polar surface area (TPSA) is 135 Å². The van der Waals surface area contributed by atoms with Crippen molar-refractivity contribution in [2.24, 2.45) is 11.7 Å². The quantitative estimate of drug-likeness (QED) is 0.486. The Morgan fingerprint density at radius 2 is 2.00 bits per heavy atom. The fourth-order valence-corrected chi connectivity index (χ4v) is 4.67. The molecule has 0 radical (unpaired) electrons. The molecular weight excluding hydrogens is 430 g/mol. The minimum atomic E-state index is -0.721. The lowest BCUT2D eigenvalue weighted by molar-refractivity contribution is 0.0996. The van der Waals surface area contributed by atoms with Crippen molar-refractivity contribution >= 4 is 39.2 Å². The number of amides is 1. The largest absolute Gasteiger partial charge is 0.383 e. The third-order valence-corrected chi connectivity index (χ3v) is 6.35. The third kappa shape index (κ3) is 3.37. The summed E-state index contributed by atoms with van der Waals surface area (Å²) in [6.07, 6.45) is 6.26. The molecule has 0 aliphatic heterocycles. The van der Waals surface area contributed by atoms with Crippen LogP contribution >= 0.6 is 0 Å². The minimum absolute atomic E-state index is 0.00301. The summed E-state index contributed by atoms with van der Waals surface area (Å²) < 4.78 is 3.34. The number of carbonyl (C=O) groups is 1. The van der Waals surface area contributed by atoms with Gasteiger partial charge in [-0.3, -0.25) is 14.2 Å². The molecular formula is C25H25N7O2. The van der Waals surface area contributed by atoms with Gasteiger partial charge in [0.1, 0.15) is 12.1 Å². The van der Waals surface area contributed by atoms with Gasteiger partial charge in [0.15, 0.2) is 11.3 Å². The standard InChI is InChI=1S/C25H25N7O2/c1-13-7-8-14(2)18(9-13)32-17(10-16-6-4-5-15(3)19(16)25(32)34)11-31-24-20(21(30-31)23(27)33)22(26)28-12-29-24/h4-8,10,12-13H,9,11H2,1-3H3,(H2,27,33)(H2,26,28,29). The highest BCUT2D eigenvalue weighted by molar-refractivity contribution is 6.06. The molecule has 0 saturated heterocycles. The first-order valence-corrected chi connectivity index (χ1v) is 11.1. The number of nitrogens with zero attached hydrogens (tertiary/aromatic N) is 5. The van der Waals surface area contributed by atoms with Gasteiger partial charge in [0.25, 0.3) is 11.5 Å². The number of nitrogen functional groups attached to an aromatic ring is 1. The van der Waals surface area contributed by atoms with E-state index in [9.17, 15) is 9.59 Å². The second kappa shape index (κ2) is 7.95. The lowest BCUT2D eigenvalue weighted by Gasteiger charge is -2.24. The van der Waals surface area contributed by atoms with Gasteiger partial charge in [0, 0.05) is 11.4 Å². The number of hydrogen-bond donors (Lipinski definition) is 2. The summed E-state index contributed by atoms with van der Waals surface area (Å²) >= 11 is 0. The van der Waals surface area contributed by atoms with Crippen molar-refractivity contribution in [2.75, 3.05) is 5.73 Å². The van der Waals surface area contributed by atoms with Crippen molar-refractivity contribution in [3.05, 3.63) is 75.6 Å². The molecule has 1 amide bonds. The molecule has 4 aromatic rings. The van der Waals surface area contributed by atoms with Crippen molar-refractivity contribution in [3.8, 4) is 0 Å². The van der Waals surface area contributed by atoms with E-state index in [0.29, 0.717) is 22.3 Å². The fourth-order valence-electron chi connectivity index (χ4n) is 4.67. The first-order valence-electron chi connectivity index (χ1n) is 11.1. The van der Waals surface area contributed by atoms with Crippen LogP contribution in [0.3, 0.4) is 0 Å². The fraction of sp³-hybridized carbons (Fsp3) is 0.240. The Morgan fingerprint density at radius 1 is 1.21 bits per heavy atom. The minimum Gasteiger partial charge on any atom is -0.383 e. The van der Waals surface area contributed by atoms with Gasteiger partial charge >= 0.3 is 0 Å². The van der Waals surface area contributed by atoms with Crippen LogP contribution in [0.15, 0.2) is 53.1 Å². The maximum absolute atomic E-state index is 13.9. The van der Waals surface area contributed by atoms with E-state index in [1.807, 2.05) is 38.1 Å². The molecule has 4 N–H and O–H groups in total. The van der Waals surface area contributed by atoms with Gasteiger partial charge in [0.2, 0.25) is 0 Å². The lowest BCUT2D eigenvalue weighted by Crippen LogP contribution is -2.27. The first kappa shape index (κ1) is 21.6. The van der Waals surface area contributed by atoms with Gasteiger partial charge in [0.05, 0.1) is 17.3 Å². The predicted molar refractivity (Wildman–Crippen MR) is 132 cm³/mol. The van der Waals surface area contributed by atoms with E-state index < -0.39 is 5.91 Å². The van der Waals surface area contributed by atoms with Crippen LogP contribution in [0.5, 0.6) is 0 Å². The maximum Gasteiger partial charge on any atom is 0.270 e. The zero-order valence-corrected chi connectivity index (χ0v) is 19.2. The van der Waals surface area contributed by atoms with Gasteiger partial charge in [-0.05, 0) is 48.8 Å². The number of nitrogens with two attached hydrogens (primary N) is 2. The van der Waals surface area contributed by atoms with Crippen LogP contribution in [0.4, 0.5) is 5.82 Å². The monoisotopic (exact) mass is 455 g/mol. The van der Waals surface area contributed by atoms with E-state index in [2.05, 4.69) is 34.1 Å². The van der Waals surface area contributed by atoms with E-state index >= 15 is 0 Å². The highest BCUT2D eigenvalue weighted by atomic mass is 16.1. The number of pyridine rings is 1. The predicted octanol–water partition coefficient (Wildman–Crippen LogP) is 3.01. The van der Waals surface area contributed by atoms with E-state index in [1.54, 1.807) is 9.25 Å². The smallest absolute Gasteiger partial charge is 0.270 e. The molecule has 3 aromatic heterocycles. The van der Waals surface area contributed by atoms with Crippen molar-refractivity contribution in [2.45, 2.75) is 33.7 Å². The number of anilines is 1.